The molecule has 0 fully saturated rings. The number of hydrogen-bond acceptors (Lipinski definition) is 6. The first kappa shape index (κ1) is 16.8. The average Bonchev–Trinajstić information content (AvgIpc) is 2.47. The highest BCUT2D eigenvalue weighted by molar-refractivity contribution is 5.95. The Balaban J connectivity index is 2.60. The molecule has 0 saturated heterocycles. The Morgan fingerprint density at radius 2 is 2.10 bits per heavy atom. The van der Waals surface area contributed by atoms with Gasteiger partial charge in [0.25, 0.3) is 5.91 Å². The van der Waals surface area contributed by atoms with Gasteiger partial charge in [-0.1, -0.05) is 6.07 Å². The maximum absolute atomic E-state index is 12.0. The molecule has 1 rings (SSSR count). The fourth-order valence-electron chi connectivity index (χ4n) is 1.57. The van der Waals surface area contributed by atoms with Crippen molar-refractivity contribution in [2.75, 3.05) is 39.2 Å². The van der Waals surface area contributed by atoms with Gasteiger partial charge in [0.2, 0.25) is 0 Å². The number of carbonyl (C=O) groups is 2. The monoisotopic (exact) mass is 296 g/mol. The molecular weight excluding hydrogens is 276 g/mol. The second kappa shape index (κ2) is 8.80. The summed E-state index contributed by atoms with van der Waals surface area (Å²) in [5.74, 6) is -0.792. The second-order valence-corrected chi connectivity index (χ2v) is 4.08. The molecule has 0 heterocycles. The molecule has 7 heteroatoms. The molecule has 1 amide bonds. The van der Waals surface area contributed by atoms with Crippen molar-refractivity contribution in [2.45, 2.75) is 6.92 Å². The van der Waals surface area contributed by atoms with Gasteiger partial charge in [-0.3, -0.25) is 4.79 Å². The molecule has 3 N–H and O–H groups in total. The van der Waals surface area contributed by atoms with Crippen molar-refractivity contribution in [1.29, 1.82) is 0 Å². The molecule has 1 aromatic carbocycles. The number of esters is 1. The minimum atomic E-state index is -0.660. The third-order valence-corrected chi connectivity index (χ3v) is 2.52. The van der Waals surface area contributed by atoms with Gasteiger partial charge in [0.05, 0.1) is 18.9 Å². The van der Waals surface area contributed by atoms with Gasteiger partial charge < -0.3 is 25.3 Å². The maximum atomic E-state index is 12.0. The number of methoxy groups -OCH3 is 1. The molecule has 0 saturated carbocycles. The second-order valence-electron chi connectivity index (χ2n) is 4.08. The molecule has 7 nitrogen and oxygen atoms in total. The average molecular weight is 296 g/mol. The molecule has 0 aromatic heterocycles. The Morgan fingerprint density at radius 1 is 1.33 bits per heavy atom. The first-order chi connectivity index (χ1) is 10.1. The van der Waals surface area contributed by atoms with E-state index in [1.165, 1.54) is 13.2 Å². The SMILES string of the molecule is CCOc1c(N)cccc1C(=O)OCC(=O)NCCOC. The van der Waals surface area contributed by atoms with Crippen LogP contribution < -0.4 is 15.8 Å². The van der Waals surface area contributed by atoms with E-state index in [1.54, 1.807) is 19.1 Å². The summed E-state index contributed by atoms with van der Waals surface area (Å²) in [6.07, 6.45) is 0. The number of ether oxygens (including phenoxy) is 3. The van der Waals surface area contributed by atoms with E-state index in [-0.39, 0.29) is 17.9 Å². The third-order valence-electron chi connectivity index (χ3n) is 2.52. The number of carbonyl (C=O) groups excluding carboxylic acids is 2. The molecule has 0 atom stereocenters. The van der Waals surface area contributed by atoms with E-state index in [9.17, 15) is 9.59 Å². The highest BCUT2D eigenvalue weighted by atomic mass is 16.5. The van der Waals surface area contributed by atoms with Crippen LogP contribution in [-0.2, 0) is 14.3 Å². The van der Waals surface area contributed by atoms with Gasteiger partial charge in [-0.05, 0) is 19.1 Å². The zero-order valence-electron chi connectivity index (χ0n) is 12.2. The number of nitrogen functional groups attached to an aromatic ring is 1. The number of hydrogen-bond donors (Lipinski definition) is 2. The van der Waals surface area contributed by atoms with Gasteiger partial charge in [-0.15, -0.1) is 0 Å². The van der Waals surface area contributed by atoms with Crippen LogP contribution in [0.3, 0.4) is 0 Å². The third kappa shape index (κ3) is 5.31. The Kier molecular flexibility index (Phi) is 7.03. The molecule has 0 aliphatic carbocycles. The zero-order chi connectivity index (χ0) is 15.7. The molecule has 1 aromatic rings. The van der Waals surface area contributed by atoms with Crippen LogP contribution in [0, 0.1) is 0 Å². The van der Waals surface area contributed by atoms with Crippen LogP contribution in [0.2, 0.25) is 0 Å². The Hall–Kier alpha value is -2.28. The summed E-state index contributed by atoms with van der Waals surface area (Å²) in [5.41, 5.74) is 6.30. The lowest BCUT2D eigenvalue weighted by molar-refractivity contribution is -0.124. The van der Waals surface area contributed by atoms with Crippen LogP contribution in [0.25, 0.3) is 0 Å². The number of amides is 1. The lowest BCUT2D eigenvalue weighted by Crippen LogP contribution is -2.31. The smallest absolute Gasteiger partial charge is 0.342 e. The van der Waals surface area contributed by atoms with Gasteiger partial charge in [0, 0.05) is 13.7 Å². The predicted molar refractivity (Wildman–Crippen MR) is 77.2 cm³/mol. The Morgan fingerprint density at radius 3 is 2.76 bits per heavy atom. The van der Waals surface area contributed by atoms with Crippen LogP contribution in [0.15, 0.2) is 18.2 Å². The summed E-state index contributed by atoms with van der Waals surface area (Å²) in [5, 5.41) is 2.54. The summed E-state index contributed by atoms with van der Waals surface area (Å²) >= 11 is 0. The van der Waals surface area contributed by atoms with Gasteiger partial charge >= 0.3 is 5.97 Å². The van der Waals surface area contributed by atoms with E-state index in [1.807, 2.05) is 0 Å². The van der Waals surface area contributed by atoms with Crippen LogP contribution >= 0.6 is 0 Å². The van der Waals surface area contributed by atoms with Crippen LogP contribution in [0.4, 0.5) is 5.69 Å². The number of anilines is 1. The highest BCUT2D eigenvalue weighted by Crippen LogP contribution is 2.26. The van der Waals surface area contributed by atoms with Crippen LogP contribution in [0.1, 0.15) is 17.3 Å². The summed E-state index contributed by atoms with van der Waals surface area (Å²) < 4.78 is 15.1. The van der Waals surface area contributed by atoms with Crippen molar-refractivity contribution in [3.8, 4) is 5.75 Å². The molecule has 0 bridgehead atoms. The van der Waals surface area contributed by atoms with E-state index in [0.29, 0.717) is 25.4 Å². The van der Waals surface area contributed by atoms with Crippen LogP contribution in [-0.4, -0.2) is 45.4 Å². The molecule has 0 radical (unpaired) electrons. The summed E-state index contributed by atoms with van der Waals surface area (Å²) in [4.78, 5) is 23.4. The molecule has 21 heavy (non-hydrogen) atoms. The van der Waals surface area contributed by atoms with Crippen LogP contribution in [0.5, 0.6) is 5.75 Å². The first-order valence-corrected chi connectivity index (χ1v) is 6.54. The van der Waals surface area contributed by atoms with E-state index in [4.69, 9.17) is 19.9 Å². The van der Waals surface area contributed by atoms with Crippen molar-refractivity contribution in [3.05, 3.63) is 23.8 Å². The molecule has 0 aliphatic heterocycles. The molecule has 0 spiro atoms. The molecule has 0 aliphatic rings. The fourth-order valence-corrected chi connectivity index (χ4v) is 1.57. The zero-order valence-corrected chi connectivity index (χ0v) is 12.2. The minimum absolute atomic E-state index is 0.196. The van der Waals surface area contributed by atoms with Crippen molar-refractivity contribution in [2.24, 2.45) is 0 Å². The quantitative estimate of drug-likeness (QED) is 0.414. The topological polar surface area (TPSA) is 99.9 Å². The van der Waals surface area contributed by atoms with Gasteiger partial charge in [0.15, 0.2) is 12.4 Å². The van der Waals surface area contributed by atoms with E-state index < -0.39 is 11.9 Å². The molecular formula is C14H20N2O5. The predicted octanol–water partition coefficient (Wildman–Crippen LogP) is 0.587. The number of nitrogens with two attached hydrogens (primary N) is 1. The number of nitrogens with one attached hydrogen (secondary N) is 1. The molecule has 116 valence electrons. The molecule has 0 unspecified atom stereocenters. The number of benzene rings is 1. The van der Waals surface area contributed by atoms with Crippen molar-refractivity contribution < 1.29 is 23.8 Å². The van der Waals surface area contributed by atoms with Gasteiger partial charge in [-0.25, -0.2) is 4.79 Å². The number of para-hydroxylation sites is 1. The maximum Gasteiger partial charge on any atom is 0.342 e. The fraction of sp³-hybridized carbons (Fsp3) is 0.429. The first-order valence-electron chi connectivity index (χ1n) is 6.54. The summed E-state index contributed by atoms with van der Waals surface area (Å²) in [7, 11) is 1.53. The largest absolute Gasteiger partial charge is 0.491 e. The lowest BCUT2D eigenvalue weighted by atomic mass is 10.2. The summed E-state index contributed by atoms with van der Waals surface area (Å²) in [6, 6.07) is 4.78. The van der Waals surface area contributed by atoms with Gasteiger partial charge in [-0.2, -0.15) is 0 Å². The van der Waals surface area contributed by atoms with Crippen molar-refractivity contribution in [3.63, 3.8) is 0 Å². The van der Waals surface area contributed by atoms with Crippen molar-refractivity contribution in [1.82, 2.24) is 5.32 Å². The van der Waals surface area contributed by atoms with E-state index >= 15 is 0 Å². The van der Waals surface area contributed by atoms with E-state index in [2.05, 4.69) is 5.32 Å². The normalized spacial score (nSPS) is 10.0. The van der Waals surface area contributed by atoms with E-state index in [0.717, 1.165) is 0 Å². The Bertz CT molecular complexity index is 490. The lowest BCUT2D eigenvalue weighted by Gasteiger charge is -2.12. The van der Waals surface area contributed by atoms with Gasteiger partial charge in [0.1, 0.15) is 5.56 Å². The summed E-state index contributed by atoms with van der Waals surface area (Å²) in [6.45, 7) is 2.53. The highest BCUT2D eigenvalue weighted by Gasteiger charge is 2.17. The standard InChI is InChI=1S/C14H20N2O5/c1-3-20-13-10(5-4-6-11(13)15)14(18)21-9-12(17)16-7-8-19-2/h4-6H,3,7-9,15H2,1-2H3,(H,16,17). The number of rotatable bonds is 8. The van der Waals surface area contributed by atoms with Crippen molar-refractivity contribution >= 4 is 17.6 Å². The Labute approximate surface area is 123 Å². The minimum Gasteiger partial charge on any atom is -0.491 e.